The number of piperidine rings is 1. The molecule has 0 spiro atoms. The summed E-state index contributed by atoms with van der Waals surface area (Å²) in [4.78, 5) is 13.8. The first kappa shape index (κ1) is 17.1. The third-order valence-electron chi connectivity index (χ3n) is 4.85. The van der Waals surface area contributed by atoms with E-state index in [1.807, 2.05) is 30.6 Å². The summed E-state index contributed by atoms with van der Waals surface area (Å²) in [5, 5.41) is 0. The van der Waals surface area contributed by atoms with Gasteiger partial charge in [-0.1, -0.05) is 12.1 Å². The predicted molar refractivity (Wildman–Crippen MR) is 98.6 cm³/mol. The molecule has 2 aromatic rings. The Balaban J connectivity index is 1.49. The fraction of sp³-hybridized carbons (Fsp3) is 0.500. The number of hydrogen-bond acceptors (Lipinski definition) is 4. The highest BCUT2D eigenvalue weighted by molar-refractivity contribution is 5.53. The van der Waals surface area contributed by atoms with Gasteiger partial charge in [-0.3, -0.25) is 14.9 Å². The van der Waals surface area contributed by atoms with Gasteiger partial charge in [0.1, 0.15) is 0 Å². The summed E-state index contributed by atoms with van der Waals surface area (Å²) in [7, 11) is 4.33. The molecule has 1 fully saturated rings. The van der Waals surface area contributed by atoms with Crippen molar-refractivity contribution >= 4 is 0 Å². The van der Waals surface area contributed by atoms with Crippen LogP contribution in [0.15, 0.2) is 42.7 Å². The molecule has 3 heterocycles. The molecule has 0 unspecified atom stereocenters. The number of nitrogens with zero attached hydrogens (tertiary/aromatic N) is 4. The normalized spacial score (nSPS) is 16.6. The SMILES string of the molecule is CN(C)CCC1CCN(Cc2ccc(-c3ccccn3)nc2)CC1. The van der Waals surface area contributed by atoms with Crippen molar-refractivity contribution in [2.24, 2.45) is 5.92 Å². The van der Waals surface area contributed by atoms with Crippen molar-refractivity contribution in [1.82, 2.24) is 19.8 Å². The van der Waals surface area contributed by atoms with Crippen LogP contribution in [0.2, 0.25) is 0 Å². The lowest BCUT2D eigenvalue weighted by Gasteiger charge is -2.32. The van der Waals surface area contributed by atoms with E-state index in [-0.39, 0.29) is 0 Å². The zero-order valence-corrected chi connectivity index (χ0v) is 14.9. The third-order valence-corrected chi connectivity index (χ3v) is 4.85. The van der Waals surface area contributed by atoms with E-state index in [4.69, 9.17) is 0 Å². The van der Waals surface area contributed by atoms with Gasteiger partial charge in [0, 0.05) is 18.9 Å². The molecule has 0 N–H and O–H groups in total. The summed E-state index contributed by atoms with van der Waals surface area (Å²) in [6.45, 7) is 4.64. The predicted octanol–water partition coefficient (Wildman–Crippen LogP) is 3.31. The molecule has 0 amide bonds. The average molecular weight is 324 g/mol. The van der Waals surface area contributed by atoms with Gasteiger partial charge in [-0.15, -0.1) is 0 Å². The van der Waals surface area contributed by atoms with E-state index in [2.05, 4.69) is 46.0 Å². The largest absolute Gasteiger partial charge is 0.309 e. The molecule has 0 radical (unpaired) electrons. The van der Waals surface area contributed by atoms with Crippen molar-refractivity contribution in [2.75, 3.05) is 33.7 Å². The summed E-state index contributed by atoms with van der Waals surface area (Å²) in [6.07, 6.45) is 7.80. The summed E-state index contributed by atoms with van der Waals surface area (Å²) in [6, 6.07) is 10.2. The number of hydrogen-bond donors (Lipinski definition) is 0. The number of aromatic nitrogens is 2. The maximum atomic E-state index is 4.58. The molecule has 0 saturated carbocycles. The quantitative estimate of drug-likeness (QED) is 0.816. The summed E-state index contributed by atoms with van der Waals surface area (Å²) in [5.74, 6) is 0.897. The minimum atomic E-state index is 0.897. The lowest BCUT2D eigenvalue weighted by Crippen LogP contribution is -2.34. The Morgan fingerprint density at radius 3 is 2.46 bits per heavy atom. The van der Waals surface area contributed by atoms with Crippen LogP contribution in [0.4, 0.5) is 0 Å². The summed E-state index contributed by atoms with van der Waals surface area (Å²) >= 11 is 0. The highest BCUT2D eigenvalue weighted by Crippen LogP contribution is 2.22. The molecule has 1 aliphatic heterocycles. The molecule has 4 nitrogen and oxygen atoms in total. The maximum Gasteiger partial charge on any atom is 0.0886 e. The zero-order chi connectivity index (χ0) is 16.8. The number of likely N-dealkylation sites (tertiary alicyclic amines) is 1. The molecular weight excluding hydrogens is 296 g/mol. The van der Waals surface area contributed by atoms with E-state index >= 15 is 0 Å². The van der Waals surface area contributed by atoms with E-state index in [0.717, 1.165) is 23.9 Å². The van der Waals surface area contributed by atoms with Crippen LogP contribution < -0.4 is 0 Å². The standard InChI is InChI=1S/C20H28N4/c1-23(2)12-8-17-9-13-24(14-10-17)16-18-6-7-20(22-15-18)19-5-3-4-11-21-19/h3-7,11,15,17H,8-10,12-14,16H2,1-2H3. The van der Waals surface area contributed by atoms with Gasteiger partial charge < -0.3 is 4.90 Å². The van der Waals surface area contributed by atoms with E-state index in [1.165, 1.54) is 44.5 Å². The number of pyridine rings is 2. The second-order valence-corrected chi connectivity index (χ2v) is 7.08. The molecule has 2 aromatic heterocycles. The summed E-state index contributed by atoms with van der Waals surface area (Å²) < 4.78 is 0. The van der Waals surface area contributed by atoms with Crippen LogP contribution in [0.25, 0.3) is 11.4 Å². The molecule has 3 rings (SSSR count). The van der Waals surface area contributed by atoms with Gasteiger partial charge >= 0.3 is 0 Å². The number of rotatable bonds is 6. The molecule has 128 valence electrons. The van der Waals surface area contributed by atoms with E-state index < -0.39 is 0 Å². The lowest BCUT2D eigenvalue weighted by atomic mass is 9.93. The Morgan fingerprint density at radius 2 is 1.83 bits per heavy atom. The van der Waals surface area contributed by atoms with Crippen LogP contribution in [0.5, 0.6) is 0 Å². The van der Waals surface area contributed by atoms with E-state index in [9.17, 15) is 0 Å². The zero-order valence-electron chi connectivity index (χ0n) is 14.9. The third kappa shape index (κ3) is 4.86. The topological polar surface area (TPSA) is 32.3 Å². The minimum Gasteiger partial charge on any atom is -0.309 e. The maximum absolute atomic E-state index is 4.58. The van der Waals surface area contributed by atoms with Gasteiger partial charge in [0.2, 0.25) is 0 Å². The average Bonchev–Trinajstić information content (AvgIpc) is 2.62. The molecule has 0 bridgehead atoms. The fourth-order valence-corrected chi connectivity index (χ4v) is 3.32. The molecule has 0 aromatic carbocycles. The second kappa shape index (κ2) is 8.36. The van der Waals surface area contributed by atoms with E-state index in [1.54, 1.807) is 0 Å². The molecule has 1 aliphatic rings. The van der Waals surface area contributed by atoms with Crippen LogP contribution in [0.3, 0.4) is 0 Å². The molecule has 1 saturated heterocycles. The molecular formula is C20H28N4. The van der Waals surface area contributed by atoms with Crippen molar-refractivity contribution in [1.29, 1.82) is 0 Å². The first-order chi connectivity index (χ1) is 11.7. The summed E-state index contributed by atoms with van der Waals surface area (Å²) in [5.41, 5.74) is 3.17. The lowest BCUT2D eigenvalue weighted by molar-refractivity contribution is 0.165. The van der Waals surface area contributed by atoms with Crippen LogP contribution in [0.1, 0.15) is 24.8 Å². The van der Waals surface area contributed by atoms with Crippen molar-refractivity contribution in [3.63, 3.8) is 0 Å². The van der Waals surface area contributed by atoms with E-state index in [0.29, 0.717) is 0 Å². The van der Waals surface area contributed by atoms with Gasteiger partial charge in [0.05, 0.1) is 11.4 Å². The van der Waals surface area contributed by atoms with Gasteiger partial charge in [0.25, 0.3) is 0 Å². The first-order valence-corrected chi connectivity index (χ1v) is 8.94. The van der Waals surface area contributed by atoms with Crippen molar-refractivity contribution < 1.29 is 0 Å². The van der Waals surface area contributed by atoms with Crippen LogP contribution in [-0.4, -0.2) is 53.5 Å². The van der Waals surface area contributed by atoms with Gasteiger partial charge in [-0.2, -0.15) is 0 Å². The van der Waals surface area contributed by atoms with Gasteiger partial charge in [0.15, 0.2) is 0 Å². The van der Waals surface area contributed by atoms with Crippen LogP contribution in [-0.2, 0) is 6.54 Å². The fourth-order valence-electron chi connectivity index (χ4n) is 3.32. The van der Waals surface area contributed by atoms with Crippen LogP contribution in [0, 0.1) is 5.92 Å². The molecule has 0 aliphatic carbocycles. The Hall–Kier alpha value is -1.78. The Kier molecular flexibility index (Phi) is 5.94. The Bertz CT molecular complexity index is 601. The second-order valence-electron chi connectivity index (χ2n) is 7.08. The monoisotopic (exact) mass is 324 g/mol. The van der Waals surface area contributed by atoms with Crippen molar-refractivity contribution in [3.05, 3.63) is 48.3 Å². The molecule has 4 heteroatoms. The van der Waals surface area contributed by atoms with Crippen molar-refractivity contribution in [2.45, 2.75) is 25.8 Å². The Morgan fingerprint density at radius 1 is 1.04 bits per heavy atom. The minimum absolute atomic E-state index is 0.897. The molecule has 24 heavy (non-hydrogen) atoms. The highest BCUT2D eigenvalue weighted by atomic mass is 15.1. The molecule has 0 atom stereocenters. The highest BCUT2D eigenvalue weighted by Gasteiger charge is 2.19. The Labute approximate surface area is 145 Å². The van der Waals surface area contributed by atoms with Gasteiger partial charge in [-0.05, 0) is 82.7 Å². The smallest absolute Gasteiger partial charge is 0.0886 e. The first-order valence-electron chi connectivity index (χ1n) is 8.94. The van der Waals surface area contributed by atoms with Crippen LogP contribution >= 0.6 is 0 Å². The van der Waals surface area contributed by atoms with Crippen molar-refractivity contribution in [3.8, 4) is 11.4 Å². The van der Waals surface area contributed by atoms with Gasteiger partial charge in [-0.25, -0.2) is 0 Å².